The van der Waals surface area contributed by atoms with Crippen molar-refractivity contribution in [1.82, 2.24) is 10.6 Å². The van der Waals surface area contributed by atoms with E-state index in [1.165, 1.54) is 38.5 Å². The van der Waals surface area contributed by atoms with Gasteiger partial charge in [-0.05, 0) is 86.7 Å². The van der Waals surface area contributed by atoms with Crippen molar-refractivity contribution in [2.75, 3.05) is 0 Å². The zero-order valence-electron chi connectivity index (χ0n) is 13.3. The Bertz CT molecular complexity index is 671. The van der Waals surface area contributed by atoms with Crippen LogP contribution in [0, 0.1) is 17.8 Å². The summed E-state index contributed by atoms with van der Waals surface area (Å²) < 4.78 is 0. The van der Waals surface area contributed by atoms with Gasteiger partial charge < -0.3 is 5.32 Å². The molecule has 5 rings (SSSR count). The first-order valence-corrected chi connectivity index (χ1v) is 9.67. The summed E-state index contributed by atoms with van der Waals surface area (Å²) in [6, 6.07) is 4.84. The highest BCUT2D eigenvalue weighted by atomic mass is 35.5. The van der Waals surface area contributed by atoms with Crippen LogP contribution in [-0.2, 0) is 0 Å². The van der Waals surface area contributed by atoms with E-state index >= 15 is 0 Å². The van der Waals surface area contributed by atoms with Gasteiger partial charge in [-0.1, -0.05) is 23.2 Å². The van der Waals surface area contributed by atoms with E-state index < -0.39 is 0 Å². The minimum atomic E-state index is -0.315. The van der Waals surface area contributed by atoms with Gasteiger partial charge in [0.1, 0.15) is 0 Å². The molecule has 4 aliphatic carbocycles. The van der Waals surface area contributed by atoms with Crippen LogP contribution in [0.4, 0.5) is 0 Å². The van der Waals surface area contributed by atoms with Crippen molar-refractivity contribution in [3.05, 3.63) is 33.8 Å². The second-order valence-electron chi connectivity index (χ2n) is 7.73. The SMILES string of the molecule is O=C(NC(=S)NC12CC3CC(CC(C3)C1)C2)c1cc(Cl)ccc1Cl. The third-order valence-electron chi connectivity index (χ3n) is 5.82. The summed E-state index contributed by atoms with van der Waals surface area (Å²) in [5.74, 6) is 2.16. The average Bonchev–Trinajstić information content (AvgIpc) is 2.47. The number of rotatable bonds is 2. The number of nitrogens with one attached hydrogen (secondary N) is 2. The predicted octanol–water partition coefficient (Wildman–Crippen LogP) is 4.57. The maximum absolute atomic E-state index is 12.4. The maximum atomic E-state index is 12.4. The summed E-state index contributed by atoms with van der Waals surface area (Å²) in [7, 11) is 0. The molecule has 0 atom stereocenters. The van der Waals surface area contributed by atoms with Gasteiger partial charge in [-0.2, -0.15) is 0 Å². The molecule has 0 heterocycles. The molecule has 1 amide bonds. The Morgan fingerprint density at radius 1 is 1.08 bits per heavy atom. The van der Waals surface area contributed by atoms with Crippen LogP contribution >= 0.6 is 35.4 Å². The molecule has 4 fully saturated rings. The van der Waals surface area contributed by atoms with Gasteiger partial charge >= 0.3 is 0 Å². The van der Waals surface area contributed by atoms with Gasteiger partial charge in [-0.3, -0.25) is 10.1 Å². The van der Waals surface area contributed by atoms with Crippen LogP contribution in [-0.4, -0.2) is 16.6 Å². The molecule has 2 N–H and O–H groups in total. The summed E-state index contributed by atoms with van der Waals surface area (Å²) in [4.78, 5) is 12.4. The van der Waals surface area contributed by atoms with E-state index in [0.717, 1.165) is 17.8 Å². The Hall–Kier alpha value is -0.840. The Labute approximate surface area is 157 Å². The lowest BCUT2D eigenvalue weighted by atomic mass is 9.53. The molecule has 1 aromatic carbocycles. The van der Waals surface area contributed by atoms with Gasteiger partial charge in [0, 0.05) is 10.6 Å². The molecule has 4 aliphatic rings. The van der Waals surface area contributed by atoms with Gasteiger partial charge in [0.15, 0.2) is 5.11 Å². The number of hydrogen-bond donors (Lipinski definition) is 2. The summed E-state index contributed by atoms with van der Waals surface area (Å²) in [5.41, 5.74) is 0.427. The lowest BCUT2D eigenvalue weighted by Crippen LogP contribution is -2.61. The molecule has 1 aromatic rings. The van der Waals surface area contributed by atoms with Crippen LogP contribution in [0.1, 0.15) is 48.9 Å². The summed E-state index contributed by atoms with van der Waals surface area (Å²) in [6.07, 6.45) is 7.64. The van der Waals surface area contributed by atoms with Gasteiger partial charge in [-0.25, -0.2) is 0 Å². The highest BCUT2D eigenvalue weighted by Gasteiger charge is 2.51. The van der Waals surface area contributed by atoms with Crippen LogP contribution in [0.3, 0.4) is 0 Å². The molecule has 4 saturated carbocycles. The zero-order valence-corrected chi connectivity index (χ0v) is 15.6. The highest BCUT2D eigenvalue weighted by molar-refractivity contribution is 7.80. The monoisotopic (exact) mass is 382 g/mol. The van der Waals surface area contributed by atoms with Crippen LogP contribution in [0.25, 0.3) is 0 Å². The minimum Gasteiger partial charge on any atom is -0.357 e. The fourth-order valence-corrected chi connectivity index (χ4v) is 6.06. The number of benzene rings is 1. The van der Waals surface area contributed by atoms with Crippen molar-refractivity contribution in [1.29, 1.82) is 0 Å². The second kappa shape index (κ2) is 6.15. The Morgan fingerprint density at radius 3 is 2.25 bits per heavy atom. The number of thiocarbonyl (C=S) groups is 1. The molecule has 3 nitrogen and oxygen atoms in total. The van der Waals surface area contributed by atoms with E-state index in [0.29, 0.717) is 20.7 Å². The fraction of sp³-hybridized carbons (Fsp3) is 0.556. The smallest absolute Gasteiger partial charge is 0.258 e. The molecular weight excluding hydrogens is 363 g/mol. The van der Waals surface area contributed by atoms with E-state index in [1.54, 1.807) is 18.2 Å². The molecule has 0 saturated heterocycles. The van der Waals surface area contributed by atoms with E-state index in [9.17, 15) is 4.79 Å². The molecule has 4 bridgehead atoms. The lowest BCUT2D eigenvalue weighted by molar-refractivity contribution is -0.0101. The summed E-state index contributed by atoms with van der Waals surface area (Å²) in [6.45, 7) is 0. The van der Waals surface area contributed by atoms with Crippen molar-refractivity contribution >= 4 is 46.4 Å². The number of hydrogen-bond acceptors (Lipinski definition) is 2. The van der Waals surface area contributed by atoms with Crippen molar-refractivity contribution in [2.45, 2.75) is 44.1 Å². The average molecular weight is 383 g/mol. The fourth-order valence-electron chi connectivity index (χ4n) is 5.38. The Kier molecular flexibility index (Phi) is 4.26. The number of carbonyl (C=O) groups excluding carboxylic acids is 1. The summed E-state index contributed by atoms with van der Waals surface area (Å²) >= 11 is 17.5. The molecule has 0 spiro atoms. The van der Waals surface area contributed by atoms with Gasteiger partial charge in [0.2, 0.25) is 0 Å². The first-order chi connectivity index (χ1) is 11.4. The molecule has 0 aromatic heterocycles. The maximum Gasteiger partial charge on any atom is 0.258 e. The van der Waals surface area contributed by atoms with E-state index in [1.807, 2.05) is 0 Å². The number of carbonyl (C=O) groups is 1. The van der Waals surface area contributed by atoms with Crippen LogP contribution in [0.2, 0.25) is 10.0 Å². The predicted molar refractivity (Wildman–Crippen MR) is 101 cm³/mol. The molecule has 0 unspecified atom stereocenters. The van der Waals surface area contributed by atoms with Gasteiger partial charge in [0.25, 0.3) is 5.91 Å². The van der Waals surface area contributed by atoms with Gasteiger partial charge in [0.05, 0.1) is 10.6 Å². The quantitative estimate of drug-likeness (QED) is 0.736. The van der Waals surface area contributed by atoms with Crippen LogP contribution < -0.4 is 10.6 Å². The van der Waals surface area contributed by atoms with Crippen molar-refractivity contribution in [3.63, 3.8) is 0 Å². The molecule has 0 aliphatic heterocycles. The zero-order chi connectivity index (χ0) is 16.9. The minimum absolute atomic E-state index is 0.0806. The summed E-state index contributed by atoms with van der Waals surface area (Å²) in [5, 5.41) is 7.51. The van der Waals surface area contributed by atoms with E-state index in [-0.39, 0.29) is 11.4 Å². The van der Waals surface area contributed by atoms with Gasteiger partial charge in [-0.15, -0.1) is 0 Å². The van der Waals surface area contributed by atoms with Crippen molar-refractivity contribution in [2.24, 2.45) is 17.8 Å². The molecule has 24 heavy (non-hydrogen) atoms. The first-order valence-electron chi connectivity index (χ1n) is 8.51. The van der Waals surface area contributed by atoms with Crippen molar-refractivity contribution in [3.8, 4) is 0 Å². The number of halogens is 2. The van der Waals surface area contributed by atoms with E-state index in [4.69, 9.17) is 35.4 Å². The molecule has 0 radical (unpaired) electrons. The third-order valence-corrected chi connectivity index (χ3v) is 6.59. The van der Waals surface area contributed by atoms with E-state index in [2.05, 4.69) is 10.6 Å². The molecule has 128 valence electrons. The third kappa shape index (κ3) is 3.16. The topological polar surface area (TPSA) is 41.1 Å². The molecular formula is C18H20Cl2N2OS. The Morgan fingerprint density at radius 2 is 1.67 bits per heavy atom. The van der Waals surface area contributed by atoms with Crippen molar-refractivity contribution < 1.29 is 4.79 Å². The second-order valence-corrected chi connectivity index (χ2v) is 8.98. The van der Waals surface area contributed by atoms with Crippen LogP contribution in [0.5, 0.6) is 0 Å². The lowest BCUT2D eigenvalue weighted by Gasteiger charge is -2.57. The molecule has 6 heteroatoms. The normalized spacial score (nSPS) is 33.3. The number of amides is 1. The standard InChI is InChI=1S/C18H20Cl2N2OS/c19-13-1-2-15(20)14(6-13)16(23)21-17(24)22-18-7-10-3-11(8-18)5-12(4-10)9-18/h1-2,6,10-12H,3-5,7-9H2,(H2,21,22,23,24). The Balaban J connectivity index is 1.43. The largest absolute Gasteiger partial charge is 0.357 e. The first kappa shape index (κ1) is 16.6. The highest BCUT2D eigenvalue weighted by Crippen LogP contribution is 2.55. The van der Waals surface area contributed by atoms with Crippen LogP contribution in [0.15, 0.2) is 18.2 Å².